The standard InChI is InChI=1S/C15H14Br2FN3/c1-2-19-15-12(17)13(8-3-4-8)20-14(21-15)10-7-9(18)5-6-11(10)16/h5-8H,2-4H2,1H3,(H,19,20,21). The van der Waals surface area contributed by atoms with Crippen molar-refractivity contribution in [2.75, 3.05) is 11.9 Å². The second-order valence-electron chi connectivity index (χ2n) is 5.02. The van der Waals surface area contributed by atoms with E-state index in [0.29, 0.717) is 17.3 Å². The number of anilines is 1. The van der Waals surface area contributed by atoms with Crippen LogP contribution in [0.3, 0.4) is 0 Å². The van der Waals surface area contributed by atoms with Gasteiger partial charge in [-0.2, -0.15) is 0 Å². The maximum absolute atomic E-state index is 13.5. The van der Waals surface area contributed by atoms with Gasteiger partial charge >= 0.3 is 0 Å². The predicted molar refractivity (Wildman–Crippen MR) is 89.0 cm³/mol. The molecule has 1 fully saturated rings. The summed E-state index contributed by atoms with van der Waals surface area (Å²) in [5.74, 6) is 1.49. The average molecular weight is 415 g/mol. The maximum atomic E-state index is 13.5. The highest BCUT2D eigenvalue weighted by Gasteiger charge is 2.29. The third-order valence-electron chi connectivity index (χ3n) is 3.35. The minimum absolute atomic E-state index is 0.294. The van der Waals surface area contributed by atoms with Crippen molar-refractivity contribution in [1.82, 2.24) is 9.97 Å². The summed E-state index contributed by atoms with van der Waals surface area (Å²) in [6, 6.07) is 4.55. The van der Waals surface area contributed by atoms with Gasteiger partial charge in [0.2, 0.25) is 0 Å². The predicted octanol–water partition coefficient (Wildman–Crippen LogP) is 5.12. The molecule has 0 saturated heterocycles. The molecule has 1 aliphatic rings. The van der Waals surface area contributed by atoms with Gasteiger partial charge in [-0.25, -0.2) is 14.4 Å². The number of benzene rings is 1. The Morgan fingerprint density at radius 1 is 1.29 bits per heavy atom. The number of hydrogen-bond acceptors (Lipinski definition) is 3. The number of halogens is 3. The van der Waals surface area contributed by atoms with E-state index in [9.17, 15) is 4.39 Å². The van der Waals surface area contributed by atoms with Crippen LogP contribution in [0.25, 0.3) is 11.4 Å². The first-order chi connectivity index (χ1) is 10.1. The monoisotopic (exact) mass is 413 g/mol. The van der Waals surface area contributed by atoms with Crippen molar-refractivity contribution < 1.29 is 4.39 Å². The molecule has 3 nitrogen and oxygen atoms in total. The summed E-state index contributed by atoms with van der Waals surface area (Å²) in [5.41, 5.74) is 1.68. The molecule has 0 atom stereocenters. The largest absolute Gasteiger partial charge is 0.369 e. The Kier molecular flexibility index (Phi) is 4.26. The molecular formula is C15H14Br2FN3. The zero-order chi connectivity index (χ0) is 15.0. The fourth-order valence-corrected chi connectivity index (χ4v) is 3.23. The number of hydrogen-bond donors (Lipinski definition) is 1. The van der Waals surface area contributed by atoms with Crippen molar-refractivity contribution in [1.29, 1.82) is 0 Å². The lowest BCUT2D eigenvalue weighted by Crippen LogP contribution is -2.06. The third-order valence-corrected chi connectivity index (χ3v) is 4.83. The first-order valence-corrected chi connectivity index (χ1v) is 8.45. The van der Waals surface area contributed by atoms with E-state index in [2.05, 4.69) is 47.1 Å². The van der Waals surface area contributed by atoms with Crippen LogP contribution in [0.4, 0.5) is 10.2 Å². The van der Waals surface area contributed by atoms with Gasteiger partial charge in [0.15, 0.2) is 5.82 Å². The molecule has 110 valence electrons. The topological polar surface area (TPSA) is 37.8 Å². The number of aromatic nitrogens is 2. The molecule has 21 heavy (non-hydrogen) atoms. The van der Waals surface area contributed by atoms with E-state index in [4.69, 9.17) is 0 Å². The Bertz CT molecular complexity index is 687. The van der Waals surface area contributed by atoms with Crippen LogP contribution in [0.5, 0.6) is 0 Å². The fraction of sp³-hybridized carbons (Fsp3) is 0.333. The van der Waals surface area contributed by atoms with Crippen LogP contribution in [0, 0.1) is 5.82 Å². The van der Waals surface area contributed by atoms with E-state index in [0.717, 1.165) is 39.8 Å². The molecule has 3 rings (SSSR count). The first kappa shape index (κ1) is 14.9. The molecule has 0 aliphatic heterocycles. The summed E-state index contributed by atoms with van der Waals surface area (Å²) >= 11 is 7.04. The van der Waals surface area contributed by atoms with E-state index in [1.807, 2.05) is 6.92 Å². The van der Waals surface area contributed by atoms with Gasteiger partial charge < -0.3 is 5.32 Å². The quantitative estimate of drug-likeness (QED) is 0.754. The van der Waals surface area contributed by atoms with Crippen LogP contribution in [-0.4, -0.2) is 16.5 Å². The summed E-state index contributed by atoms with van der Waals surface area (Å²) in [6.45, 7) is 2.78. The van der Waals surface area contributed by atoms with Crippen molar-refractivity contribution in [2.45, 2.75) is 25.7 Å². The number of nitrogens with zero attached hydrogens (tertiary/aromatic N) is 2. The number of nitrogens with one attached hydrogen (secondary N) is 1. The molecule has 1 saturated carbocycles. The van der Waals surface area contributed by atoms with Gasteiger partial charge in [-0.3, -0.25) is 0 Å². The zero-order valence-electron chi connectivity index (χ0n) is 11.5. The molecule has 0 unspecified atom stereocenters. The molecule has 1 aromatic carbocycles. The molecule has 1 aliphatic carbocycles. The molecule has 0 spiro atoms. The molecular weight excluding hydrogens is 401 g/mol. The van der Waals surface area contributed by atoms with Crippen LogP contribution >= 0.6 is 31.9 Å². The lowest BCUT2D eigenvalue weighted by Gasteiger charge is -2.12. The minimum atomic E-state index is -0.294. The Labute approximate surface area is 139 Å². The van der Waals surface area contributed by atoms with Gasteiger partial charge in [-0.05, 0) is 53.9 Å². The molecule has 0 radical (unpaired) electrons. The smallest absolute Gasteiger partial charge is 0.163 e. The highest BCUT2D eigenvalue weighted by atomic mass is 79.9. The SMILES string of the molecule is CCNc1nc(-c2cc(F)ccc2Br)nc(C2CC2)c1Br. The second kappa shape index (κ2) is 6.01. The molecule has 1 aromatic heterocycles. The summed E-state index contributed by atoms with van der Waals surface area (Å²) in [7, 11) is 0. The molecule has 0 amide bonds. The normalized spacial score (nSPS) is 14.3. The van der Waals surface area contributed by atoms with Crippen molar-refractivity contribution in [2.24, 2.45) is 0 Å². The Morgan fingerprint density at radius 3 is 2.71 bits per heavy atom. The molecule has 6 heteroatoms. The fourth-order valence-electron chi connectivity index (χ4n) is 2.17. The van der Waals surface area contributed by atoms with Gasteiger partial charge in [0, 0.05) is 22.5 Å². The summed E-state index contributed by atoms with van der Waals surface area (Å²) in [4.78, 5) is 9.19. The highest BCUT2D eigenvalue weighted by Crippen LogP contribution is 2.44. The Morgan fingerprint density at radius 2 is 2.05 bits per heavy atom. The van der Waals surface area contributed by atoms with Crippen LogP contribution in [0.2, 0.25) is 0 Å². The summed E-state index contributed by atoms with van der Waals surface area (Å²) < 4.78 is 15.2. The second-order valence-corrected chi connectivity index (χ2v) is 6.67. The minimum Gasteiger partial charge on any atom is -0.369 e. The van der Waals surface area contributed by atoms with Gasteiger partial charge in [0.25, 0.3) is 0 Å². The average Bonchev–Trinajstić information content (AvgIpc) is 3.28. The lowest BCUT2D eigenvalue weighted by atomic mass is 10.2. The van der Waals surface area contributed by atoms with Crippen molar-refractivity contribution in [3.05, 3.63) is 38.7 Å². The van der Waals surface area contributed by atoms with E-state index in [-0.39, 0.29) is 5.82 Å². The third kappa shape index (κ3) is 3.11. The van der Waals surface area contributed by atoms with Crippen molar-refractivity contribution in [3.8, 4) is 11.4 Å². The lowest BCUT2D eigenvalue weighted by molar-refractivity contribution is 0.628. The molecule has 2 aromatic rings. The Hall–Kier alpha value is -1.01. The summed E-state index contributed by atoms with van der Waals surface area (Å²) in [5, 5.41) is 3.24. The van der Waals surface area contributed by atoms with Crippen LogP contribution in [0.1, 0.15) is 31.4 Å². The molecule has 0 bridgehead atoms. The molecule has 1 heterocycles. The maximum Gasteiger partial charge on any atom is 0.163 e. The van der Waals surface area contributed by atoms with Gasteiger partial charge in [0.1, 0.15) is 11.6 Å². The molecule has 1 N–H and O–H groups in total. The van der Waals surface area contributed by atoms with Gasteiger partial charge in [-0.15, -0.1) is 0 Å². The van der Waals surface area contributed by atoms with E-state index >= 15 is 0 Å². The van der Waals surface area contributed by atoms with Gasteiger partial charge in [-0.1, -0.05) is 15.9 Å². The van der Waals surface area contributed by atoms with Gasteiger partial charge in [0.05, 0.1) is 10.2 Å². The summed E-state index contributed by atoms with van der Waals surface area (Å²) in [6.07, 6.45) is 2.29. The van der Waals surface area contributed by atoms with E-state index in [1.54, 1.807) is 6.07 Å². The van der Waals surface area contributed by atoms with Crippen LogP contribution in [0.15, 0.2) is 27.1 Å². The Balaban J connectivity index is 2.15. The zero-order valence-corrected chi connectivity index (χ0v) is 14.6. The van der Waals surface area contributed by atoms with E-state index in [1.165, 1.54) is 12.1 Å². The van der Waals surface area contributed by atoms with Crippen LogP contribution in [-0.2, 0) is 0 Å². The van der Waals surface area contributed by atoms with Crippen molar-refractivity contribution in [3.63, 3.8) is 0 Å². The van der Waals surface area contributed by atoms with E-state index < -0.39 is 0 Å². The highest BCUT2D eigenvalue weighted by molar-refractivity contribution is 9.11. The van der Waals surface area contributed by atoms with Crippen LogP contribution < -0.4 is 5.32 Å². The van der Waals surface area contributed by atoms with Crippen molar-refractivity contribution >= 4 is 37.7 Å². The first-order valence-electron chi connectivity index (χ1n) is 6.87. The number of rotatable bonds is 4.